The second-order valence-corrected chi connectivity index (χ2v) is 5.18. The predicted octanol–water partition coefficient (Wildman–Crippen LogP) is 2.74. The van der Waals surface area contributed by atoms with E-state index in [2.05, 4.69) is 0 Å². The quantitative estimate of drug-likeness (QED) is 0.828. The SMILES string of the molecule is CC.CC(C)(C)OC(=O)N1CCC(CC(=O)O)C1. The molecule has 0 aliphatic carbocycles. The predicted molar refractivity (Wildman–Crippen MR) is 69.5 cm³/mol. The Hall–Kier alpha value is -1.26. The van der Waals surface area contributed by atoms with Crippen molar-refractivity contribution in [1.29, 1.82) is 0 Å². The van der Waals surface area contributed by atoms with E-state index in [-0.39, 0.29) is 18.4 Å². The molecule has 0 radical (unpaired) electrons. The van der Waals surface area contributed by atoms with Crippen LogP contribution >= 0.6 is 0 Å². The fraction of sp³-hybridized carbons (Fsp3) is 0.846. The molecule has 0 saturated carbocycles. The number of carbonyl (C=O) groups is 2. The molecule has 0 aromatic carbocycles. The van der Waals surface area contributed by atoms with E-state index < -0.39 is 11.6 Å². The van der Waals surface area contributed by atoms with Crippen LogP contribution in [-0.4, -0.2) is 40.8 Å². The van der Waals surface area contributed by atoms with Crippen molar-refractivity contribution < 1.29 is 19.4 Å². The summed E-state index contributed by atoms with van der Waals surface area (Å²) in [5, 5.41) is 8.65. The number of likely N-dealkylation sites (tertiary alicyclic amines) is 1. The van der Waals surface area contributed by atoms with Gasteiger partial charge in [-0.25, -0.2) is 4.79 Å². The van der Waals surface area contributed by atoms with E-state index in [1.54, 1.807) is 4.90 Å². The van der Waals surface area contributed by atoms with Gasteiger partial charge < -0.3 is 14.7 Å². The highest BCUT2D eigenvalue weighted by molar-refractivity contribution is 5.69. The number of carboxylic acid groups (broad SMARTS) is 1. The monoisotopic (exact) mass is 259 g/mol. The van der Waals surface area contributed by atoms with Crippen LogP contribution in [0.5, 0.6) is 0 Å². The minimum absolute atomic E-state index is 0.0602. The molecule has 1 heterocycles. The van der Waals surface area contributed by atoms with Crippen molar-refractivity contribution in [3.8, 4) is 0 Å². The van der Waals surface area contributed by atoms with Gasteiger partial charge in [0.1, 0.15) is 5.60 Å². The molecule has 1 saturated heterocycles. The molecule has 1 aliphatic heterocycles. The third kappa shape index (κ3) is 6.47. The third-order valence-corrected chi connectivity index (χ3v) is 2.40. The molecular weight excluding hydrogens is 234 g/mol. The molecule has 5 nitrogen and oxygen atoms in total. The average molecular weight is 259 g/mol. The Kier molecular flexibility index (Phi) is 6.73. The molecule has 1 amide bonds. The van der Waals surface area contributed by atoms with E-state index in [1.165, 1.54) is 0 Å². The number of hydrogen-bond acceptors (Lipinski definition) is 3. The van der Waals surface area contributed by atoms with Gasteiger partial charge in [-0.3, -0.25) is 4.79 Å². The van der Waals surface area contributed by atoms with Gasteiger partial charge in [-0.05, 0) is 33.1 Å². The van der Waals surface area contributed by atoms with E-state index in [9.17, 15) is 9.59 Å². The van der Waals surface area contributed by atoms with Gasteiger partial charge in [0.2, 0.25) is 0 Å². The van der Waals surface area contributed by atoms with E-state index >= 15 is 0 Å². The third-order valence-electron chi connectivity index (χ3n) is 2.40. The van der Waals surface area contributed by atoms with Crippen molar-refractivity contribution in [2.24, 2.45) is 5.92 Å². The van der Waals surface area contributed by atoms with Gasteiger partial charge in [0.15, 0.2) is 0 Å². The second-order valence-electron chi connectivity index (χ2n) is 5.18. The Labute approximate surface area is 109 Å². The van der Waals surface area contributed by atoms with Crippen molar-refractivity contribution in [3.05, 3.63) is 0 Å². The Balaban J connectivity index is 0.00000137. The van der Waals surface area contributed by atoms with Crippen molar-refractivity contribution in [2.75, 3.05) is 13.1 Å². The molecule has 0 bridgehead atoms. The zero-order valence-electron chi connectivity index (χ0n) is 12.0. The standard InChI is InChI=1S/C11H19NO4.C2H6/c1-11(2,3)16-10(15)12-5-4-8(7-12)6-9(13)14;1-2/h8H,4-7H2,1-3H3,(H,13,14);1-2H3. The second kappa shape index (κ2) is 7.24. The van der Waals surface area contributed by atoms with Gasteiger partial charge in [-0.2, -0.15) is 0 Å². The summed E-state index contributed by atoms with van der Waals surface area (Å²) in [5.41, 5.74) is -0.498. The lowest BCUT2D eigenvalue weighted by Crippen LogP contribution is -2.35. The van der Waals surface area contributed by atoms with Crippen molar-refractivity contribution in [1.82, 2.24) is 4.90 Å². The zero-order chi connectivity index (χ0) is 14.3. The Bertz CT molecular complexity index is 283. The van der Waals surface area contributed by atoms with E-state index in [0.29, 0.717) is 13.1 Å². The first-order valence-electron chi connectivity index (χ1n) is 6.47. The lowest BCUT2D eigenvalue weighted by Gasteiger charge is -2.24. The van der Waals surface area contributed by atoms with Crippen LogP contribution in [0, 0.1) is 5.92 Å². The lowest BCUT2D eigenvalue weighted by atomic mass is 10.1. The van der Waals surface area contributed by atoms with Gasteiger partial charge in [0.25, 0.3) is 0 Å². The number of ether oxygens (including phenoxy) is 1. The number of carboxylic acids is 1. The summed E-state index contributed by atoms with van der Waals surface area (Å²) >= 11 is 0. The van der Waals surface area contributed by atoms with Crippen LogP contribution in [-0.2, 0) is 9.53 Å². The van der Waals surface area contributed by atoms with Crippen molar-refractivity contribution in [2.45, 2.75) is 53.1 Å². The summed E-state index contributed by atoms with van der Waals surface area (Å²) in [6.07, 6.45) is 0.519. The Morgan fingerprint density at radius 1 is 1.33 bits per heavy atom. The van der Waals surface area contributed by atoms with Gasteiger partial charge in [-0.15, -0.1) is 0 Å². The van der Waals surface area contributed by atoms with Crippen LogP contribution in [0.4, 0.5) is 4.79 Å². The molecule has 1 fully saturated rings. The first kappa shape index (κ1) is 16.7. The molecule has 1 unspecified atom stereocenters. The van der Waals surface area contributed by atoms with Crippen LogP contribution in [0.2, 0.25) is 0 Å². The first-order valence-corrected chi connectivity index (χ1v) is 6.47. The highest BCUT2D eigenvalue weighted by Gasteiger charge is 2.30. The van der Waals surface area contributed by atoms with Crippen LogP contribution in [0.3, 0.4) is 0 Å². The maximum Gasteiger partial charge on any atom is 0.410 e. The molecule has 0 aromatic heterocycles. The molecule has 0 spiro atoms. The fourth-order valence-corrected chi connectivity index (χ4v) is 1.74. The Morgan fingerprint density at radius 3 is 2.33 bits per heavy atom. The van der Waals surface area contributed by atoms with Crippen molar-refractivity contribution in [3.63, 3.8) is 0 Å². The summed E-state index contributed by atoms with van der Waals surface area (Å²) in [4.78, 5) is 23.8. The lowest BCUT2D eigenvalue weighted by molar-refractivity contribution is -0.138. The molecule has 1 rings (SSSR count). The summed E-state index contributed by atoms with van der Waals surface area (Å²) in [6.45, 7) is 10.5. The maximum atomic E-state index is 11.6. The topological polar surface area (TPSA) is 66.8 Å². The number of nitrogens with zero attached hydrogens (tertiary/aromatic N) is 1. The van der Waals surface area contributed by atoms with Crippen molar-refractivity contribution >= 4 is 12.1 Å². The molecule has 1 atom stereocenters. The van der Waals surface area contributed by atoms with Crippen LogP contribution < -0.4 is 0 Å². The van der Waals surface area contributed by atoms with E-state index in [1.807, 2.05) is 34.6 Å². The number of carbonyl (C=O) groups excluding carboxylic acids is 1. The minimum Gasteiger partial charge on any atom is -0.481 e. The molecule has 1 N–H and O–H groups in total. The summed E-state index contributed by atoms with van der Waals surface area (Å²) < 4.78 is 5.21. The largest absolute Gasteiger partial charge is 0.481 e. The van der Waals surface area contributed by atoms with E-state index in [0.717, 1.165) is 6.42 Å². The molecule has 106 valence electrons. The van der Waals surface area contributed by atoms with Gasteiger partial charge in [0, 0.05) is 19.5 Å². The normalized spacial score (nSPS) is 18.9. The van der Waals surface area contributed by atoms with Gasteiger partial charge >= 0.3 is 12.1 Å². The van der Waals surface area contributed by atoms with E-state index in [4.69, 9.17) is 9.84 Å². The molecule has 1 aliphatic rings. The Morgan fingerprint density at radius 2 is 1.89 bits per heavy atom. The zero-order valence-corrected chi connectivity index (χ0v) is 12.0. The number of amides is 1. The number of rotatable bonds is 2. The molecular formula is C13H25NO4. The van der Waals surface area contributed by atoms with Gasteiger partial charge in [0.05, 0.1) is 0 Å². The minimum atomic E-state index is -0.809. The maximum absolute atomic E-state index is 11.6. The number of hydrogen-bond donors (Lipinski definition) is 1. The number of aliphatic carboxylic acids is 1. The first-order chi connectivity index (χ1) is 8.28. The summed E-state index contributed by atoms with van der Waals surface area (Å²) in [6, 6.07) is 0. The van der Waals surface area contributed by atoms with Gasteiger partial charge in [-0.1, -0.05) is 13.8 Å². The van der Waals surface area contributed by atoms with Crippen LogP contribution in [0.25, 0.3) is 0 Å². The fourth-order valence-electron chi connectivity index (χ4n) is 1.74. The molecule has 18 heavy (non-hydrogen) atoms. The molecule has 5 heteroatoms. The smallest absolute Gasteiger partial charge is 0.410 e. The van der Waals surface area contributed by atoms with Crippen LogP contribution in [0.1, 0.15) is 47.5 Å². The van der Waals surface area contributed by atoms with Crippen LogP contribution in [0.15, 0.2) is 0 Å². The highest BCUT2D eigenvalue weighted by Crippen LogP contribution is 2.21. The summed E-state index contributed by atoms with van der Waals surface area (Å²) in [5.74, 6) is -0.749. The molecule has 0 aromatic rings. The highest BCUT2D eigenvalue weighted by atomic mass is 16.6. The average Bonchev–Trinajstić information content (AvgIpc) is 2.66. The summed E-state index contributed by atoms with van der Waals surface area (Å²) in [7, 11) is 0.